The summed E-state index contributed by atoms with van der Waals surface area (Å²) in [6.45, 7) is 11.3. The van der Waals surface area contributed by atoms with Crippen LogP contribution in [-0.2, 0) is 26.5 Å². The monoisotopic (exact) mass is 782 g/mol. The van der Waals surface area contributed by atoms with Crippen LogP contribution in [0, 0.1) is 12.3 Å². The number of pyridine rings is 1. The maximum atomic E-state index is 5.90. The molecule has 3 aromatic heterocycles. The Balaban J connectivity index is 0.000000269. The molecule has 0 aliphatic carbocycles. The Morgan fingerprint density at radius 3 is 2.22 bits per heavy atom. The Hall–Kier alpha value is -4.31. The Morgan fingerprint density at radius 1 is 0.804 bits per heavy atom. The molecule has 7 rings (SSSR count). The summed E-state index contributed by atoms with van der Waals surface area (Å²) in [5.41, 5.74) is 11.1. The van der Waals surface area contributed by atoms with Crippen molar-refractivity contribution in [3.05, 3.63) is 138 Å². The Bertz CT molecular complexity index is 1960. The van der Waals surface area contributed by atoms with Gasteiger partial charge in [0.15, 0.2) is 0 Å². The van der Waals surface area contributed by atoms with Crippen LogP contribution in [0.2, 0.25) is 0 Å². The Kier molecular flexibility index (Phi) is 10.7. The maximum absolute atomic E-state index is 5.90. The van der Waals surface area contributed by atoms with Gasteiger partial charge >= 0.3 is 0 Å². The van der Waals surface area contributed by atoms with Crippen molar-refractivity contribution in [1.82, 2.24) is 14.5 Å². The van der Waals surface area contributed by atoms with E-state index in [1.54, 1.807) is 6.20 Å². The quantitative estimate of drug-likeness (QED) is 0.151. The third kappa shape index (κ3) is 6.77. The molecule has 7 aromatic rings. The number of imidazole rings is 1. The van der Waals surface area contributed by atoms with Crippen LogP contribution in [0.1, 0.15) is 69.6 Å². The number of fused-ring (bicyclic) bond motifs is 2. The van der Waals surface area contributed by atoms with Crippen LogP contribution in [0.15, 0.2) is 114 Å². The van der Waals surface area contributed by atoms with E-state index >= 15 is 0 Å². The molecule has 0 saturated heterocycles. The zero-order valence-electron chi connectivity index (χ0n) is 27.0. The summed E-state index contributed by atoms with van der Waals surface area (Å²) in [6.07, 6.45) is 7.16. The predicted molar refractivity (Wildman–Crippen MR) is 186 cm³/mol. The number of benzene rings is 4. The van der Waals surface area contributed by atoms with Gasteiger partial charge in [-0.3, -0.25) is 4.98 Å². The molecular weight excluding hydrogens is 743 g/mol. The minimum atomic E-state index is 0. The average molecular weight is 782 g/mol. The van der Waals surface area contributed by atoms with E-state index in [1.807, 2.05) is 42.5 Å². The van der Waals surface area contributed by atoms with Gasteiger partial charge in [0.05, 0.1) is 16.9 Å². The average Bonchev–Trinajstić information content (AvgIpc) is 3.66. The number of rotatable bonds is 7. The van der Waals surface area contributed by atoms with Crippen molar-refractivity contribution in [2.75, 3.05) is 0 Å². The molecule has 0 saturated carbocycles. The number of para-hydroxylation sites is 3. The van der Waals surface area contributed by atoms with E-state index in [0.29, 0.717) is 11.8 Å². The molecule has 0 fully saturated rings. The molecule has 0 spiro atoms. The Morgan fingerprint density at radius 2 is 1.54 bits per heavy atom. The molecule has 0 bridgehead atoms. The van der Waals surface area contributed by atoms with Crippen LogP contribution in [0.3, 0.4) is 0 Å². The van der Waals surface area contributed by atoms with Crippen molar-refractivity contribution in [2.24, 2.45) is 0 Å². The van der Waals surface area contributed by atoms with Crippen molar-refractivity contribution in [3.63, 3.8) is 0 Å². The largest absolute Gasteiger partial charge is 0.557 e. The van der Waals surface area contributed by atoms with Gasteiger partial charge in [-0.05, 0) is 53.3 Å². The molecule has 0 atom stereocenters. The van der Waals surface area contributed by atoms with Gasteiger partial charge < -0.3 is 14.0 Å². The van der Waals surface area contributed by atoms with Crippen LogP contribution in [0.4, 0.5) is 0 Å². The molecular formula is C41H39IrN3O-2. The van der Waals surface area contributed by atoms with Crippen molar-refractivity contribution in [1.29, 1.82) is 0 Å². The molecule has 1 radical (unpaired) electrons. The third-order valence-electron chi connectivity index (χ3n) is 8.12. The fourth-order valence-electron chi connectivity index (χ4n) is 5.90. The summed E-state index contributed by atoms with van der Waals surface area (Å²) >= 11 is 0. The molecule has 0 amide bonds. The van der Waals surface area contributed by atoms with Crippen molar-refractivity contribution >= 4 is 22.0 Å². The number of aryl methyl sites for hydroxylation is 1. The smallest absolute Gasteiger partial charge is 0.0774 e. The SMILES string of the molecule is CCCc1ccc2o[c-]c(-c3nc4ccccc4n3-c3c(C(C)C)cccc3C(C)C)c2c1.[Ir].[c-]1ccccc1-c1ccccn1. The van der Waals surface area contributed by atoms with E-state index in [0.717, 1.165) is 57.5 Å². The topological polar surface area (TPSA) is 43.9 Å². The van der Waals surface area contributed by atoms with Crippen molar-refractivity contribution in [3.8, 4) is 28.3 Å². The minimum absolute atomic E-state index is 0. The third-order valence-corrected chi connectivity index (χ3v) is 8.12. The second-order valence-corrected chi connectivity index (χ2v) is 12.0. The van der Waals surface area contributed by atoms with Crippen LogP contribution < -0.4 is 0 Å². The van der Waals surface area contributed by atoms with Gasteiger partial charge in [0.2, 0.25) is 0 Å². The van der Waals surface area contributed by atoms with Crippen LogP contribution in [0.5, 0.6) is 0 Å². The molecule has 0 aliphatic rings. The standard InChI is InChI=1S/C30H31N2O.C11H8N.Ir/c1-6-10-21-15-16-28-24(17-21)25(18-33-28)30-31-26-13-7-8-14-27(26)32(30)29-22(19(2)3)11-9-12-23(29)20(4)5;1-2-6-10(7-3-1)11-8-4-5-9-12-11;/h7-9,11-17,19-20H,6,10H2,1-5H3;1-6,8-9H;/q2*-1;. The van der Waals surface area contributed by atoms with Gasteiger partial charge in [-0.15, -0.1) is 35.9 Å². The van der Waals surface area contributed by atoms with E-state index in [2.05, 4.69) is 117 Å². The van der Waals surface area contributed by atoms with Crippen LogP contribution >= 0.6 is 0 Å². The van der Waals surface area contributed by atoms with Gasteiger partial charge in [-0.25, -0.2) is 0 Å². The summed E-state index contributed by atoms with van der Waals surface area (Å²) in [5.74, 6) is 1.65. The van der Waals surface area contributed by atoms with Gasteiger partial charge in [0.25, 0.3) is 0 Å². The van der Waals surface area contributed by atoms with Gasteiger partial charge in [0.1, 0.15) is 0 Å². The predicted octanol–water partition coefficient (Wildman–Crippen LogP) is 11.0. The van der Waals surface area contributed by atoms with Crippen molar-refractivity contribution in [2.45, 2.75) is 59.3 Å². The molecule has 235 valence electrons. The van der Waals surface area contributed by atoms with E-state index in [-0.39, 0.29) is 20.1 Å². The number of nitrogens with zero attached hydrogens (tertiary/aromatic N) is 3. The second kappa shape index (κ2) is 14.9. The molecule has 0 aliphatic heterocycles. The molecule has 0 N–H and O–H groups in total. The first-order chi connectivity index (χ1) is 22.0. The number of hydrogen-bond donors (Lipinski definition) is 0. The second-order valence-electron chi connectivity index (χ2n) is 12.0. The minimum Gasteiger partial charge on any atom is -0.557 e. The van der Waals surface area contributed by atoms with E-state index in [1.165, 1.54) is 22.4 Å². The van der Waals surface area contributed by atoms with Gasteiger partial charge in [0, 0.05) is 43.8 Å². The van der Waals surface area contributed by atoms with Gasteiger partial charge in [-0.2, -0.15) is 0 Å². The molecule has 5 heteroatoms. The molecule has 0 unspecified atom stereocenters. The molecule has 46 heavy (non-hydrogen) atoms. The fraction of sp³-hybridized carbons (Fsp3) is 0.220. The zero-order chi connectivity index (χ0) is 31.3. The van der Waals surface area contributed by atoms with E-state index in [4.69, 9.17) is 9.40 Å². The first-order valence-electron chi connectivity index (χ1n) is 15.9. The molecule has 4 nitrogen and oxygen atoms in total. The van der Waals surface area contributed by atoms with Crippen LogP contribution in [0.25, 0.3) is 50.3 Å². The first kappa shape index (κ1) is 33.1. The fourth-order valence-corrected chi connectivity index (χ4v) is 5.90. The number of hydrogen-bond acceptors (Lipinski definition) is 3. The molecule has 4 aromatic carbocycles. The number of furan rings is 1. The Labute approximate surface area is 285 Å². The summed E-state index contributed by atoms with van der Waals surface area (Å²) in [4.78, 5) is 9.35. The summed E-state index contributed by atoms with van der Waals surface area (Å²) in [5, 5.41) is 1.07. The zero-order valence-corrected chi connectivity index (χ0v) is 29.4. The molecule has 3 heterocycles. The van der Waals surface area contributed by atoms with Crippen LogP contribution in [-0.4, -0.2) is 14.5 Å². The maximum Gasteiger partial charge on any atom is 0.0774 e. The van der Waals surface area contributed by atoms with Gasteiger partial charge in [-0.1, -0.05) is 118 Å². The summed E-state index contributed by atoms with van der Waals surface area (Å²) < 4.78 is 8.24. The first-order valence-corrected chi connectivity index (χ1v) is 15.9. The van der Waals surface area contributed by atoms with E-state index < -0.39 is 0 Å². The number of aromatic nitrogens is 3. The normalized spacial score (nSPS) is 11.1. The summed E-state index contributed by atoms with van der Waals surface area (Å²) in [7, 11) is 0. The summed E-state index contributed by atoms with van der Waals surface area (Å²) in [6, 6.07) is 38.4. The van der Waals surface area contributed by atoms with Crippen molar-refractivity contribution < 1.29 is 24.5 Å². The van der Waals surface area contributed by atoms with E-state index in [9.17, 15) is 0 Å².